The predicted molar refractivity (Wildman–Crippen MR) is 71.4 cm³/mol. The molecular weight excluding hydrogens is 274 g/mol. The van der Waals surface area contributed by atoms with Crippen molar-refractivity contribution >= 4 is 27.4 Å². The molecule has 0 atom stereocenters. The number of halogens is 1. The summed E-state index contributed by atoms with van der Waals surface area (Å²) < 4.78 is 26.3. The van der Waals surface area contributed by atoms with Crippen molar-refractivity contribution in [3.63, 3.8) is 0 Å². The van der Waals surface area contributed by atoms with Crippen molar-refractivity contribution in [2.24, 2.45) is 0 Å². The van der Waals surface area contributed by atoms with E-state index in [1.165, 1.54) is 16.6 Å². The Balaban J connectivity index is 2.37. The number of sulfonamides is 1. The Morgan fingerprint density at radius 3 is 2.67 bits per heavy atom. The Morgan fingerprint density at radius 1 is 1.56 bits per heavy atom. The number of rotatable bonds is 5. The maximum absolute atomic E-state index is 12.4. The summed E-state index contributed by atoms with van der Waals surface area (Å²) in [4.78, 5) is 4.16. The largest absolute Gasteiger partial charge is 0.372 e. The zero-order chi connectivity index (χ0) is 13.3. The van der Waals surface area contributed by atoms with E-state index in [1.54, 1.807) is 7.05 Å². The Bertz CT molecular complexity index is 543. The van der Waals surface area contributed by atoms with Gasteiger partial charge in [-0.05, 0) is 18.9 Å². The molecule has 1 aromatic rings. The van der Waals surface area contributed by atoms with Crippen molar-refractivity contribution in [2.45, 2.75) is 30.7 Å². The van der Waals surface area contributed by atoms with Crippen LogP contribution >= 0.6 is 11.6 Å². The molecule has 0 saturated heterocycles. The van der Waals surface area contributed by atoms with E-state index in [9.17, 15) is 8.42 Å². The molecule has 1 aromatic heterocycles. The number of hydrogen-bond donors (Lipinski definition) is 1. The summed E-state index contributed by atoms with van der Waals surface area (Å²) in [6.45, 7) is 2.31. The SMILES string of the molecule is CCN(C1CC1)S(=O)(=O)c1cnc(NC)c(Cl)c1. The first-order chi connectivity index (χ1) is 8.50. The van der Waals surface area contributed by atoms with Crippen LogP contribution in [0.3, 0.4) is 0 Å². The second kappa shape index (κ2) is 5.03. The van der Waals surface area contributed by atoms with Crippen LogP contribution in [0, 0.1) is 0 Å². The van der Waals surface area contributed by atoms with Gasteiger partial charge < -0.3 is 5.32 Å². The molecule has 0 amide bonds. The normalized spacial score (nSPS) is 16.0. The van der Waals surface area contributed by atoms with Gasteiger partial charge in [0.1, 0.15) is 10.7 Å². The van der Waals surface area contributed by atoms with Crippen LogP contribution in [0.2, 0.25) is 5.02 Å². The van der Waals surface area contributed by atoms with E-state index in [4.69, 9.17) is 11.6 Å². The molecule has 0 aliphatic heterocycles. The van der Waals surface area contributed by atoms with Crippen molar-refractivity contribution in [1.82, 2.24) is 9.29 Å². The first kappa shape index (κ1) is 13.6. The fraction of sp³-hybridized carbons (Fsp3) is 0.545. The number of anilines is 1. The van der Waals surface area contributed by atoms with Crippen LogP contribution in [0.5, 0.6) is 0 Å². The van der Waals surface area contributed by atoms with Crippen LogP contribution < -0.4 is 5.32 Å². The third kappa shape index (κ3) is 2.46. The van der Waals surface area contributed by atoms with E-state index in [0.29, 0.717) is 17.4 Å². The molecule has 5 nitrogen and oxygen atoms in total. The van der Waals surface area contributed by atoms with E-state index in [1.807, 2.05) is 6.92 Å². The lowest BCUT2D eigenvalue weighted by Crippen LogP contribution is -2.33. The van der Waals surface area contributed by atoms with Gasteiger partial charge in [-0.3, -0.25) is 0 Å². The highest BCUT2D eigenvalue weighted by molar-refractivity contribution is 7.89. The monoisotopic (exact) mass is 289 g/mol. The lowest BCUT2D eigenvalue weighted by Gasteiger charge is -2.20. The molecular formula is C11H16ClN3O2S. The second-order valence-corrected chi connectivity index (χ2v) is 6.49. The molecule has 0 spiro atoms. The number of pyridine rings is 1. The third-order valence-corrected chi connectivity index (χ3v) is 5.21. The van der Waals surface area contributed by atoms with Crippen molar-refractivity contribution in [2.75, 3.05) is 18.9 Å². The van der Waals surface area contributed by atoms with Crippen LogP contribution in [-0.4, -0.2) is 37.3 Å². The zero-order valence-corrected chi connectivity index (χ0v) is 11.9. The van der Waals surface area contributed by atoms with E-state index in [0.717, 1.165) is 12.8 Å². The number of nitrogens with one attached hydrogen (secondary N) is 1. The van der Waals surface area contributed by atoms with Gasteiger partial charge in [-0.15, -0.1) is 0 Å². The van der Waals surface area contributed by atoms with Crippen molar-refractivity contribution < 1.29 is 8.42 Å². The highest BCUT2D eigenvalue weighted by Gasteiger charge is 2.37. The van der Waals surface area contributed by atoms with Crippen LogP contribution in [0.1, 0.15) is 19.8 Å². The molecule has 1 aliphatic carbocycles. The van der Waals surface area contributed by atoms with E-state index < -0.39 is 10.0 Å². The third-order valence-electron chi connectivity index (χ3n) is 2.93. The number of hydrogen-bond acceptors (Lipinski definition) is 4. The average molecular weight is 290 g/mol. The second-order valence-electron chi connectivity index (χ2n) is 4.19. The van der Waals surface area contributed by atoms with Crippen LogP contribution in [0.25, 0.3) is 0 Å². The first-order valence-corrected chi connectivity index (χ1v) is 7.67. The lowest BCUT2D eigenvalue weighted by molar-refractivity contribution is 0.421. The minimum atomic E-state index is -3.48. The molecule has 18 heavy (non-hydrogen) atoms. The van der Waals surface area contributed by atoms with Crippen LogP contribution in [0.15, 0.2) is 17.2 Å². The average Bonchev–Trinajstić information content (AvgIpc) is 3.14. The van der Waals surface area contributed by atoms with Crippen molar-refractivity contribution in [3.8, 4) is 0 Å². The van der Waals surface area contributed by atoms with Gasteiger partial charge in [-0.1, -0.05) is 18.5 Å². The van der Waals surface area contributed by atoms with E-state index in [-0.39, 0.29) is 10.9 Å². The standard InChI is InChI=1S/C11H16ClN3O2S/c1-3-15(8-4-5-8)18(16,17)9-6-10(12)11(13-2)14-7-9/h6-8H,3-5H2,1-2H3,(H,13,14). The summed E-state index contributed by atoms with van der Waals surface area (Å²) in [5.74, 6) is 0.477. The molecule has 2 rings (SSSR count). The molecule has 1 heterocycles. The molecule has 7 heteroatoms. The van der Waals surface area contributed by atoms with E-state index in [2.05, 4.69) is 10.3 Å². The maximum Gasteiger partial charge on any atom is 0.244 e. The van der Waals surface area contributed by atoms with Gasteiger partial charge in [0.05, 0.1) is 5.02 Å². The quantitative estimate of drug-likeness (QED) is 0.900. The number of aromatic nitrogens is 1. The Kier molecular flexibility index (Phi) is 3.79. The summed E-state index contributed by atoms with van der Waals surface area (Å²) in [5.41, 5.74) is 0. The first-order valence-electron chi connectivity index (χ1n) is 5.85. The van der Waals surface area contributed by atoms with Crippen molar-refractivity contribution in [1.29, 1.82) is 0 Å². The topological polar surface area (TPSA) is 62.3 Å². The van der Waals surface area contributed by atoms with Crippen molar-refractivity contribution in [3.05, 3.63) is 17.3 Å². The molecule has 100 valence electrons. The molecule has 0 aromatic carbocycles. The van der Waals surface area contributed by atoms with Gasteiger partial charge in [0.15, 0.2) is 0 Å². The Hall–Kier alpha value is -0.850. The fourth-order valence-corrected chi connectivity index (χ4v) is 3.86. The summed E-state index contributed by atoms with van der Waals surface area (Å²) in [7, 11) is -1.79. The predicted octanol–water partition coefficient (Wildman–Crippen LogP) is 1.95. The molecule has 1 aliphatic rings. The molecule has 0 unspecified atom stereocenters. The minimum Gasteiger partial charge on any atom is -0.372 e. The van der Waals surface area contributed by atoms with Crippen LogP contribution in [-0.2, 0) is 10.0 Å². The summed E-state index contributed by atoms with van der Waals surface area (Å²) in [6, 6.07) is 1.59. The van der Waals surface area contributed by atoms with Gasteiger partial charge in [-0.2, -0.15) is 4.31 Å². The van der Waals surface area contributed by atoms with E-state index >= 15 is 0 Å². The molecule has 1 fully saturated rings. The Morgan fingerprint density at radius 2 is 2.22 bits per heavy atom. The van der Waals surface area contributed by atoms with Gasteiger partial charge in [0, 0.05) is 25.8 Å². The summed E-state index contributed by atoms with van der Waals surface area (Å²) in [5, 5.41) is 3.11. The minimum absolute atomic E-state index is 0.141. The molecule has 1 N–H and O–H groups in total. The lowest BCUT2D eigenvalue weighted by atomic mass is 10.4. The highest BCUT2D eigenvalue weighted by atomic mass is 35.5. The Labute approximate surface area is 112 Å². The molecule has 1 saturated carbocycles. The van der Waals surface area contributed by atoms with Gasteiger partial charge in [0.25, 0.3) is 0 Å². The molecule has 0 bridgehead atoms. The zero-order valence-electron chi connectivity index (χ0n) is 10.4. The smallest absolute Gasteiger partial charge is 0.244 e. The summed E-state index contributed by atoms with van der Waals surface area (Å²) >= 11 is 5.97. The molecule has 0 radical (unpaired) electrons. The van der Waals surface area contributed by atoms with Gasteiger partial charge in [-0.25, -0.2) is 13.4 Å². The van der Waals surface area contributed by atoms with Gasteiger partial charge in [0.2, 0.25) is 10.0 Å². The maximum atomic E-state index is 12.4. The fourth-order valence-electron chi connectivity index (χ4n) is 1.87. The van der Waals surface area contributed by atoms with Gasteiger partial charge >= 0.3 is 0 Å². The highest BCUT2D eigenvalue weighted by Crippen LogP contribution is 2.32. The summed E-state index contributed by atoms with van der Waals surface area (Å²) in [6.07, 6.45) is 3.21. The number of nitrogens with zero attached hydrogens (tertiary/aromatic N) is 2. The van der Waals surface area contributed by atoms with Crippen LogP contribution in [0.4, 0.5) is 5.82 Å².